The Labute approximate surface area is 181 Å². The molecule has 2 aromatic carbocycles. The molecule has 32 heavy (non-hydrogen) atoms. The van der Waals surface area contributed by atoms with E-state index in [4.69, 9.17) is 19.4 Å². The first-order chi connectivity index (χ1) is 14.8. The van der Waals surface area contributed by atoms with Crippen molar-refractivity contribution >= 4 is 5.97 Å². The molecular formula is C21H22F3NO7. The lowest BCUT2D eigenvalue weighted by Crippen LogP contribution is -2.48. The third kappa shape index (κ3) is 4.00. The van der Waals surface area contributed by atoms with Gasteiger partial charge in [-0.15, -0.1) is 0 Å². The fraction of sp³-hybridized carbons (Fsp3) is 0.381. The second kappa shape index (κ2) is 8.06. The number of hydrogen-bond acceptors (Lipinski definition) is 6. The highest BCUT2D eigenvalue weighted by Gasteiger charge is 2.42. The van der Waals surface area contributed by atoms with Crippen LogP contribution < -0.4 is 9.47 Å². The molecule has 1 heterocycles. The highest BCUT2D eigenvalue weighted by Crippen LogP contribution is 2.54. The summed E-state index contributed by atoms with van der Waals surface area (Å²) in [4.78, 5) is 8.90. The van der Waals surface area contributed by atoms with Gasteiger partial charge in [0.25, 0.3) is 0 Å². The second-order valence-electron chi connectivity index (χ2n) is 7.73. The maximum atomic E-state index is 13.1. The Bertz CT molecular complexity index is 1070. The number of methoxy groups -OCH3 is 2. The van der Waals surface area contributed by atoms with Crippen LogP contribution in [0, 0.1) is 5.21 Å². The van der Waals surface area contributed by atoms with Crippen molar-refractivity contribution in [3.05, 3.63) is 40.1 Å². The number of phenols is 2. The molecule has 8 nitrogen and oxygen atoms in total. The number of ether oxygens (including phenoxy) is 2. The fourth-order valence-electron chi connectivity index (χ4n) is 4.23. The molecule has 174 valence electrons. The zero-order valence-corrected chi connectivity index (χ0v) is 17.5. The van der Waals surface area contributed by atoms with Gasteiger partial charge in [-0.2, -0.15) is 13.2 Å². The third-order valence-corrected chi connectivity index (χ3v) is 5.74. The first kappa shape index (κ1) is 23.5. The Kier molecular flexibility index (Phi) is 5.92. The fourth-order valence-corrected chi connectivity index (χ4v) is 4.23. The Balaban J connectivity index is 0.000000360. The number of hydroxylamine groups is 3. The molecule has 0 radical (unpaired) electrons. The lowest BCUT2D eigenvalue weighted by molar-refractivity contribution is -0.894. The number of aliphatic carboxylic acids is 1. The summed E-state index contributed by atoms with van der Waals surface area (Å²) in [6.45, 7) is 0.459. The molecule has 3 N–H and O–H groups in total. The van der Waals surface area contributed by atoms with Crippen LogP contribution in [0.1, 0.15) is 22.7 Å². The standard InChI is InChI=1S/C19H21NO5.C2HF3O2/c1-20(23)5-4-10-7-15(22)19(25-3)18-12-9-16(24-2)14(21)8-11(12)6-13(20)17(10)18;3-2(4,5)1(6)7/h7-9,13,21-22H,4-6H2,1-3H3;(H,6,7)/t13-,20+;/m0./s1. The second-order valence-corrected chi connectivity index (χ2v) is 7.73. The topological polar surface area (TPSA) is 119 Å². The van der Waals surface area contributed by atoms with E-state index in [2.05, 4.69) is 0 Å². The predicted molar refractivity (Wildman–Crippen MR) is 107 cm³/mol. The van der Waals surface area contributed by atoms with Crippen LogP contribution in [-0.2, 0) is 17.6 Å². The van der Waals surface area contributed by atoms with Crippen LogP contribution in [0.3, 0.4) is 0 Å². The number of carboxylic acid groups (broad SMARTS) is 1. The van der Waals surface area contributed by atoms with E-state index in [1.54, 1.807) is 25.2 Å². The van der Waals surface area contributed by atoms with Crippen molar-refractivity contribution in [2.45, 2.75) is 25.1 Å². The minimum Gasteiger partial charge on any atom is -0.633 e. The lowest BCUT2D eigenvalue weighted by atomic mass is 9.76. The number of phenolic OH excluding ortho intramolecular Hbond substituents is 2. The predicted octanol–water partition coefficient (Wildman–Crippen LogP) is 3.51. The van der Waals surface area contributed by atoms with Crippen molar-refractivity contribution in [1.82, 2.24) is 0 Å². The molecule has 0 fully saturated rings. The molecule has 1 aliphatic carbocycles. The molecule has 4 rings (SSSR count). The smallest absolute Gasteiger partial charge is 0.490 e. The number of benzene rings is 2. The van der Waals surface area contributed by atoms with Gasteiger partial charge in [0.15, 0.2) is 23.0 Å². The van der Waals surface area contributed by atoms with E-state index in [0.29, 0.717) is 30.9 Å². The summed E-state index contributed by atoms with van der Waals surface area (Å²) in [5.74, 6) is -1.93. The van der Waals surface area contributed by atoms with Gasteiger partial charge in [0.1, 0.15) is 6.04 Å². The summed E-state index contributed by atoms with van der Waals surface area (Å²) in [5, 5.41) is 40.8. The molecule has 0 bridgehead atoms. The number of carbonyl (C=O) groups is 1. The molecule has 2 aromatic rings. The maximum absolute atomic E-state index is 13.1. The Morgan fingerprint density at radius 2 is 1.72 bits per heavy atom. The molecule has 0 aromatic heterocycles. The monoisotopic (exact) mass is 457 g/mol. The van der Waals surface area contributed by atoms with E-state index in [1.807, 2.05) is 0 Å². The van der Waals surface area contributed by atoms with Crippen molar-refractivity contribution in [2.75, 3.05) is 27.8 Å². The molecule has 0 unspecified atom stereocenters. The van der Waals surface area contributed by atoms with Crippen molar-refractivity contribution in [2.24, 2.45) is 0 Å². The van der Waals surface area contributed by atoms with Gasteiger partial charge in [0.2, 0.25) is 0 Å². The van der Waals surface area contributed by atoms with Crippen LogP contribution in [0.25, 0.3) is 11.1 Å². The number of rotatable bonds is 2. The van der Waals surface area contributed by atoms with Gasteiger partial charge in [-0.25, -0.2) is 4.79 Å². The van der Waals surface area contributed by atoms with Crippen molar-refractivity contribution < 1.29 is 47.4 Å². The largest absolute Gasteiger partial charge is 0.633 e. The lowest BCUT2D eigenvalue weighted by Gasteiger charge is -2.51. The quantitative estimate of drug-likeness (QED) is 0.466. The molecular weight excluding hydrogens is 435 g/mol. The van der Waals surface area contributed by atoms with Crippen LogP contribution in [0.5, 0.6) is 23.0 Å². The average Bonchev–Trinajstić information content (AvgIpc) is 2.69. The van der Waals surface area contributed by atoms with Crippen molar-refractivity contribution in [1.29, 1.82) is 0 Å². The van der Waals surface area contributed by atoms with Crippen LogP contribution in [-0.4, -0.2) is 59.9 Å². The molecule has 1 aliphatic heterocycles. The van der Waals surface area contributed by atoms with E-state index in [9.17, 15) is 28.6 Å². The highest BCUT2D eigenvalue weighted by atomic mass is 19.4. The number of nitrogens with zero attached hydrogens (tertiary/aromatic N) is 1. The number of alkyl halides is 3. The number of halogens is 3. The number of quaternary nitrogens is 1. The summed E-state index contributed by atoms with van der Waals surface area (Å²) in [7, 11) is 4.69. The molecule has 11 heteroatoms. The zero-order valence-electron chi connectivity index (χ0n) is 17.5. The molecule has 0 spiro atoms. The summed E-state index contributed by atoms with van der Waals surface area (Å²) < 4.78 is 42.1. The van der Waals surface area contributed by atoms with Gasteiger partial charge in [-0.1, -0.05) is 0 Å². The van der Waals surface area contributed by atoms with Gasteiger partial charge in [0.05, 0.1) is 27.8 Å². The summed E-state index contributed by atoms with van der Waals surface area (Å²) in [5.41, 5.74) is 4.35. The van der Waals surface area contributed by atoms with Crippen LogP contribution in [0.2, 0.25) is 0 Å². The first-order valence-corrected chi connectivity index (χ1v) is 9.51. The zero-order chi connectivity index (χ0) is 24.0. The molecule has 2 aliphatic rings. The van der Waals surface area contributed by atoms with Crippen LogP contribution >= 0.6 is 0 Å². The Morgan fingerprint density at radius 3 is 2.25 bits per heavy atom. The van der Waals surface area contributed by atoms with Crippen molar-refractivity contribution in [3.63, 3.8) is 0 Å². The summed E-state index contributed by atoms with van der Waals surface area (Å²) in [6, 6.07) is 4.83. The summed E-state index contributed by atoms with van der Waals surface area (Å²) in [6.07, 6.45) is -3.94. The SMILES string of the molecule is COc1cc2c(cc1O)C[C@H]1c3c(cc(O)c(OC)c3-2)CC[N@@+]1(C)[O-].O=C(O)C(F)(F)F. The molecule has 0 saturated carbocycles. The average molecular weight is 457 g/mol. The Hall–Kier alpha value is -3.18. The van der Waals surface area contributed by atoms with Gasteiger partial charge in [-0.3, -0.25) is 0 Å². The van der Waals surface area contributed by atoms with E-state index >= 15 is 0 Å². The molecule has 2 atom stereocenters. The van der Waals surface area contributed by atoms with E-state index in [0.717, 1.165) is 27.8 Å². The minimum atomic E-state index is -5.08. The van der Waals surface area contributed by atoms with Gasteiger partial charge in [0, 0.05) is 24.0 Å². The van der Waals surface area contributed by atoms with Gasteiger partial charge < -0.3 is 34.6 Å². The molecule has 0 saturated heterocycles. The van der Waals surface area contributed by atoms with Gasteiger partial charge in [-0.05, 0) is 34.9 Å². The first-order valence-electron chi connectivity index (χ1n) is 9.51. The van der Waals surface area contributed by atoms with E-state index in [1.165, 1.54) is 14.2 Å². The maximum Gasteiger partial charge on any atom is 0.490 e. The number of likely N-dealkylation sites (N-methyl/N-ethyl adjacent to an activating group) is 1. The van der Waals surface area contributed by atoms with Crippen LogP contribution in [0.4, 0.5) is 13.2 Å². The number of fused-ring (bicyclic) bond motifs is 2. The number of hydrogen-bond donors (Lipinski definition) is 3. The van der Waals surface area contributed by atoms with E-state index in [-0.39, 0.29) is 22.2 Å². The number of aromatic hydroxyl groups is 2. The highest BCUT2D eigenvalue weighted by molar-refractivity contribution is 5.84. The molecule has 0 amide bonds. The Morgan fingerprint density at radius 1 is 1.12 bits per heavy atom. The summed E-state index contributed by atoms with van der Waals surface area (Å²) >= 11 is 0. The van der Waals surface area contributed by atoms with E-state index < -0.39 is 12.1 Å². The minimum absolute atomic E-state index is 0.0416. The van der Waals surface area contributed by atoms with Crippen LogP contribution in [0.15, 0.2) is 18.2 Å². The number of carboxylic acids is 1. The van der Waals surface area contributed by atoms with Crippen molar-refractivity contribution in [3.8, 4) is 34.1 Å². The third-order valence-electron chi connectivity index (χ3n) is 5.74. The normalized spacial score (nSPS) is 20.9. The van der Waals surface area contributed by atoms with Gasteiger partial charge >= 0.3 is 12.1 Å².